The SMILES string of the molecule is CCC1CSC(c2cc(Br)ccc2N)=N1. The summed E-state index contributed by atoms with van der Waals surface area (Å²) >= 11 is 5.26. The number of rotatable bonds is 2. The second-order valence-electron chi connectivity index (χ2n) is 3.54. The van der Waals surface area contributed by atoms with Gasteiger partial charge in [0.15, 0.2) is 0 Å². The van der Waals surface area contributed by atoms with Crippen molar-refractivity contribution in [1.82, 2.24) is 0 Å². The molecule has 0 radical (unpaired) electrons. The van der Waals surface area contributed by atoms with E-state index in [0.717, 1.165) is 32.9 Å². The van der Waals surface area contributed by atoms with E-state index in [-0.39, 0.29) is 0 Å². The second-order valence-corrected chi connectivity index (χ2v) is 5.46. The molecular formula is C11H13BrN2S. The number of hydrogen-bond acceptors (Lipinski definition) is 3. The standard InChI is InChI=1S/C11H13BrN2S/c1-2-8-6-15-11(14-8)9-5-7(12)3-4-10(9)13/h3-5,8H,2,6,13H2,1H3. The number of thioether (sulfide) groups is 1. The van der Waals surface area contributed by atoms with E-state index in [0.29, 0.717) is 6.04 Å². The number of anilines is 1. The van der Waals surface area contributed by atoms with Gasteiger partial charge in [0.2, 0.25) is 0 Å². The van der Waals surface area contributed by atoms with Crippen molar-refractivity contribution in [2.24, 2.45) is 4.99 Å². The summed E-state index contributed by atoms with van der Waals surface area (Å²) in [5.41, 5.74) is 7.81. The number of nitrogens with zero attached hydrogens (tertiary/aromatic N) is 1. The van der Waals surface area contributed by atoms with Crippen LogP contribution in [-0.4, -0.2) is 16.8 Å². The lowest BCUT2D eigenvalue weighted by Gasteiger charge is -2.04. The van der Waals surface area contributed by atoms with Crippen molar-refractivity contribution in [1.29, 1.82) is 0 Å². The van der Waals surface area contributed by atoms with E-state index in [1.54, 1.807) is 11.8 Å². The van der Waals surface area contributed by atoms with Crippen LogP contribution >= 0.6 is 27.7 Å². The Morgan fingerprint density at radius 1 is 1.60 bits per heavy atom. The van der Waals surface area contributed by atoms with Crippen molar-refractivity contribution in [3.05, 3.63) is 28.2 Å². The highest BCUT2D eigenvalue weighted by Crippen LogP contribution is 2.29. The zero-order chi connectivity index (χ0) is 10.8. The molecule has 0 aromatic heterocycles. The monoisotopic (exact) mass is 284 g/mol. The Kier molecular flexibility index (Phi) is 3.36. The van der Waals surface area contributed by atoms with Crippen LogP contribution in [0.5, 0.6) is 0 Å². The fourth-order valence-corrected chi connectivity index (χ4v) is 3.06. The molecule has 0 saturated carbocycles. The molecule has 1 unspecified atom stereocenters. The molecule has 15 heavy (non-hydrogen) atoms. The van der Waals surface area contributed by atoms with Gasteiger partial charge < -0.3 is 5.73 Å². The number of nitrogen functional groups attached to an aromatic ring is 1. The van der Waals surface area contributed by atoms with Crippen LogP contribution in [0.15, 0.2) is 27.7 Å². The first-order valence-corrected chi connectivity index (χ1v) is 6.74. The third kappa shape index (κ3) is 2.37. The molecule has 1 atom stereocenters. The molecule has 1 aliphatic heterocycles. The minimum absolute atomic E-state index is 0.461. The van der Waals surface area contributed by atoms with Crippen molar-refractivity contribution < 1.29 is 0 Å². The fourth-order valence-electron chi connectivity index (χ4n) is 1.49. The Labute approximate surface area is 102 Å². The third-order valence-corrected chi connectivity index (χ3v) is 4.07. The molecule has 0 bridgehead atoms. The van der Waals surface area contributed by atoms with Crippen LogP contribution in [0.4, 0.5) is 5.69 Å². The van der Waals surface area contributed by atoms with Gasteiger partial charge in [-0.2, -0.15) is 0 Å². The van der Waals surface area contributed by atoms with Crippen LogP contribution < -0.4 is 5.73 Å². The summed E-state index contributed by atoms with van der Waals surface area (Å²) in [5.74, 6) is 1.08. The number of halogens is 1. The predicted molar refractivity (Wildman–Crippen MR) is 71.6 cm³/mol. The number of benzene rings is 1. The van der Waals surface area contributed by atoms with Crippen LogP contribution in [0.25, 0.3) is 0 Å². The number of hydrogen-bond donors (Lipinski definition) is 1. The largest absolute Gasteiger partial charge is 0.398 e. The summed E-state index contributed by atoms with van der Waals surface area (Å²) in [4.78, 5) is 4.66. The van der Waals surface area contributed by atoms with E-state index >= 15 is 0 Å². The van der Waals surface area contributed by atoms with Crippen LogP contribution in [0, 0.1) is 0 Å². The zero-order valence-electron chi connectivity index (χ0n) is 8.53. The third-order valence-electron chi connectivity index (χ3n) is 2.43. The zero-order valence-corrected chi connectivity index (χ0v) is 10.9. The van der Waals surface area contributed by atoms with Crippen LogP contribution in [0.1, 0.15) is 18.9 Å². The van der Waals surface area contributed by atoms with Gasteiger partial charge >= 0.3 is 0 Å². The van der Waals surface area contributed by atoms with Gasteiger partial charge in [-0.05, 0) is 24.6 Å². The van der Waals surface area contributed by atoms with Crippen molar-refractivity contribution in [3.8, 4) is 0 Å². The lowest BCUT2D eigenvalue weighted by molar-refractivity contribution is 0.738. The van der Waals surface area contributed by atoms with Crippen molar-refractivity contribution in [3.63, 3.8) is 0 Å². The van der Waals surface area contributed by atoms with E-state index < -0.39 is 0 Å². The van der Waals surface area contributed by atoms with E-state index in [4.69, 9.17) is 5.73 Å². The summed E-state index contributed by atoms with van der Waals surface area (Å²) in [5, 5.41) is 1.08. The van der Waals surface area contributed by atoms with Crippen molar-refractivity contribution >= 4 is 38.4 Å². The van der Waals surface area contributed by atoms with Gasteiger partial charge in [-0.25, -0.2) is 0 Å². The highest BCUT2D eigenvalue weighted by atomic mass is 79.9. The molecule has 1 aromatic rings. The lowest BCUT2D eigenvalue weighted by Crippen LogP contribution is -2.00. The van der Waals surface area contributed by atoms with E-state index in [1.807, 2.05) is 18.2 Å². The molecule has 2 N–H and O–H groups in total. The lowest BCUT2D eigenvalue weighted by atomic mass is 10.2. The minimum atomic E-state index is 0.461. The predicted octanol–water partition coefficient (Wildman–Crippen LogP) is 3.30. The van der Waals surface area contributed by atoms with Crippen LogP contribution in [0.3, 0.4) is 0 Å². The van der Waals surface area contributed by atoms with Crippen molar-refractivity contribution in [2.45, 2.75) is 19.4 Å². The Bertz CT molecular complexity index is 404. The first-order valence-electron chi connectivity index (χ1n) is 4.96. The van der Waals surface area contributed by atoms with Crippen LogP contribution in [0.2, 0.25) is 0 Å². The summed E-state index contributed by atoms with van der Waals surface area (Å²) in [6, 6.07) is 6.38. The topological polar surface area (TPSA) is 38.4 Å². The second kappa shape index (κ2) is 4.58. The molecular weight excluding hydrogens is 272 g/mol. The molecule has 4 heteroatoms. The summed E-state index contributed by atoms with van der Waals surface area (Å²) in [6.45, 7) is 2.17. The Balaban J connectivity index is 2.34. The maximum absolute atomic E-state index is 5.94. The highest BCUT2D eigenvalue weighted by Gasteiger charge is 2.19. The van der Waals surface area contributed by atoms with Gasteiger partial charge in [-0.1, -0.05) is 22.9 Å². The molecule has 1 heterocycles. The van der Waals surface area contributed by atoms with Crippen molar-refractivity contribution in [2.75, 3.05) is 11.5 Å². The first-order chi connectivity index (χ1) is 7.20. The Hall–Kier alpha value is -0.480. The molecule has 80 valence electrons. The highest BCUT2D eigenvalue weighted by molar-refractivity contribution is 9.10. The maximum Gasteiger partial charge on any atom is 0.100 e. The molecule has 0 saturated heterocycles. The fraction of sp³-hybridized carbons (Fsp3) is 0.364. The van der Waals surface area contributed by atoms with E-state index in [9.17, 15) is 0 Å². The molecule has 0 spiro atoms. The van der Waals surface area contributed by atoms with E-state index in [1.165, 1.54) is 0 Å². The molecule has 0 amide bonds. The quantitative estimate of drug-likeness (QED) is 0.847. The number of nitrogens with two attached hydrogens (primary N) is 1. The average Bonchev–Trinajstić information content (AvgIpc) is 2.70. The summed E-state index contributed by atoms with van der Waals surface area (Å²) in [6.07, 6.45) is 1.10. The molecule has 1 aromatic carbocycles. The van der Waals surface area contributed by atoms with Gasteiger partial charge in [0.05, 0.1) is 6.04 Å². The van der Waals surface area contributed by atoms with Crippen LogP contribution in [-0.2, 0) is 0 Å². The molecule has 0 aliphatic carbocycles. The van der Waals surface area contributed by atoms with Gasteiger partial charge in [-0.15, -0.1) is 11.8 Å². The van der Waals surface area contributed by atoms with Gasteiger partial charge in [0, 0.05) is 21.5 Å². The van der Waals surface area contributed by atoms with E-state index in [2.05, 4.69) is 27.8 Å². The Morgan fingerprint density at radius 3 is 3.07 bits per heavy atom. The maximum atomic E-state index is 5.94. The molecule has 2 rings (SSSR count). The smallest absolute Gasteiger partial charge is 0.100 e. The normalized spacial score (nSPS) is 20.4. The Morgan fingerprint density at radius 2 is 2.40 bits per heavy atom. The first kappa shape index (κ1) is 11.0. The molecule has 2 nitrogen and oxygen atoms in total. The average molecular weight is 285 g/mol. The number of aliphatic imine (C=N–C) groups is 1. The van der Waals surface area contributed by atoms with Gasteiger partial charge in [-0.3, -0.25) is 4.99 Å². The summed E-state index contributed by atoms with van der Waals surface area (Å²) in [7, 11) is 0. The molecule has 0 fully saturated rings. The summed E-state index contributed by atoms with van der Waals surface area (Å²) < 4.78 is 1.05. The van der Waals surface area contributed by atoms with Gasteiger partial charge in [0.1, 0.15) is 5.04 Å². The van der Waals surface area contributed by atoms with Gasteiger partial charge in [0.25, 0.3) is 0 Å². The molecule has 1 aliphatic rings. The minimum Gasteiger partial charge on any atom is -0.398 e.